The first kappa shape index (κ1) is 42.1. The molecule has 0 saturated heterocycles. The Labute approximate surface area is 296 Å². The number of anilines is 1. The molecule has 0 fully saturated rings. The molecule has 1 heterocycles. The normalized spacial score (nSPS) is 13.7. The summed E-state index contributed by atoms with van der Waals surface area (Å²) >= 11 is 1.29. The quantitative estimate of drug-likeness (QED) is 0.0662. The molecule has 3 unspecified atom stereocenters. The van der Waals surface area contributed by atoms with Crippen molar-refractivity contribution in [3.8, 4) is 0 Å². The molecule has 0 aliphatic rings. The van der Waals surface area contributed by atoms with E-state index in [-0.39, 0.29) is 55.3 Å². The van der Waals surface area contributed by atoms with E-state index < -0.39 is 35.3 Å². The Morgan fingerprint density at radius 2 is 1.82 bits per heavy atom. The van der Waals surface area contributed by atoms with Crippen LogP contribution in [0, 0.1) is 17.2 Å². The minimum atomic E-state index is -1.16. The molecule has 49 heavy (non-hydrogen) atoms. The number of amides is 2. The van der Waals surface area contributed by atoms with Crippen LogP contribution in [-0.2, 0) is 20.7 Å². The maximum absolute atomic E-state index is 14.2. The molecule has 3 atom stereocenters. The van der Waals surface area contributed by atoms with Crippen LogP contribution in [0.3, 0.4) is 0 Å². The van der Waals surface area contributed by atoms with Crippen molar-refractivity contribution in [3.05, 3.63) is 45.7 Å². The second-order valence-corrected chi connectivity index (χ2v) is 14.8. The highest BCUT2D eigenvalue weighted by molar-refractivity contribution is 7.09. The lowest BCUT2D eigenvalue weighted by atomic mass is 9.84. The molecule has 10 nitrogen and oxygen atoms in total. The number of nitrogens with zero attached hydrogens (tertiary/aromatic N) is 2. The van der Waals surface area contributed by atoms with Gasteiger partial charge in [0.1, 0.15) is 22.6 Å². The van der Waals surface area contributed by atoms with Crippen LogP contribution in [0.1, 0.15) is 133 Å². The SMILES string of the molecule is CCCCCCN(C(=O)CCCC)C(CC(OCCCO)c1nc(C(=O)NC(Cc2ccc(N)c(F)c2)CC(C)(C)C(=O)O)cs1)C(C)C. The van der Waals surface area contributed by atoms with Crippen LogP contribution < -0.4 is 11.1 Å². The number of carbonyl (C=O) groups excluding carboxylic acids is 2. The van der Waals surface area contributed by atoms with Crippen molar-refractivity contribution >= 4 is 34.8 Å². The summed E-state index contributed by atoms with van der Waals surface area (Å²) in [7, 11) is 0. The number of aliphatic hydroxyl groups excluding tert-OH is 1. The third kappa shape index (κ3) is 14.0. The number of hydrogen-bond acceptors (Lipinski definition) is 8. The predicted octanol–water partition coefficient (Wildman–Crippen LogP) is 7.16. The maximum atomic E-state index is 14.2. The minimum absolute atomic E-state index is 0.00520. The van der Waals surface area contributed by atoms with Crippen molar-refractivity contribution in [1.29, 1.82) is 0 Å². The molecule has 0 aliphatic heterocycles. The minimum Gasteiger partial charge on any atom is -0.481 e. The van der Waals surface area contributed by atoms with Crippen LogP contribution in [0.4, 0.5) is 10.1 Å². The number of nitrogens with two attached hydrogens (primary N) is 1. The van der Waals surface area contributed by atoms with Crippen molar-refractivity contribution in [3.63, 3.8) is 0 Å². The van der Waals surface area contributed by atoms with Gasteiger partial charge in [0.05, 0.1) is 11.1 Å². The molecule has 1 aromatic carbocycles. The van der Waals surface area contributed by atoms with Gasteiger partial charge in [-0.25, -0.2) is 9.37 Å². The van der Waals surface area contributed by atoms with Crippen LogP contribution in [-0.4, -0.2) is 69.7 Å². The van der Waals surface area contributed by atoms with Crippen LogP contribution >= 0.6 is 11.3 Å². The van der Waals surface area contributed by atoms with Gasteiger partial charge in [-0.1, -0.05) is 59.4 Å². The summed E-state index contributed by atoms with van der Waals surface area (Å²) in [4.78, 5) is 45.8. The topological polar surface area (TPSA) is 155 Å². The van der Waals surface area contributed by atoms with E-state index in [9.17, 15) is 29.0 Å². The van der Waals surface area contributed by atoms with Gasteiger partial charge < -0.3 is 30.9 Å². The smallest absolute Gasteiger partial charge is 0.309 e. The zero-order valence-electron chi connectivity index (χ0n) is 30.3. The molecule has 2 aromatic rings. The molecule has 5 N–H and O–H groups in total. The molecule has 0 bridgehead atoms. The molecule has 12 heteroatoms. The third-order valence-corrected chi connectivity index (χ3v) is 9.75. The van der Waals surface area contributed by atoms with Gasteiger partial charge in [0.2, 0.25) is 5.91 Å². The second kappa shape index (κ2) is 21.2. The molecular weight excluding hydrogens is 647 g/mol. The Morgan fingerprint density at radius 1 is 1.10 bits per heavy atom. The largest absolute Gasteiger partial charge is 0.481 e. The lowest BCUT2D eigenvalue weighted by Gasteiger charge is -2.37. The number of aliphatic hydroxyl groups is 1. The number of halogens is 1. The first-order chi connectivity index (χ1) is 23.2. The Hall–Kier alpha value is -3.09. The molecule has 2 rings (SSSR count). The average Bonchev–Trinajstić information content (AvgIpc) is 3.54. The van der Waals surface area contributed by atoms with Gasteiger partial charge in [0.25, 0.3) is 5.91 Å². The van der Waals surface area contributed by atoms with E-state index in [0.29, 0.717) is 36.4 Å². The fraction of sp³-hybridized carbons (Fsp3) is 0.676. The number of nitrogen functional groups attached to an aromatic ring is 1. The zero-order valence-corrected chi connectivity index (χ0v) is 31.1. The second-order valence-electron chi connectivity index (χ2n) is 13.9. The molecule has 276 valence electrons. The fourth-order valence-electron chi connectivity index (χ4n) is 5.82. The molecule has 0 radical (unpaired) electrons. The predicted molar refractivity (Wildman–Crippen MR) is 193 cm³/mol. The highest BCUT2D eigenvalue weighted by atomic mass is 32.1. The number of carboxylic acid groups (broad SMARTS) is 1. The fourth-order valence-corrected chi connectivity index (χ4v) is 6.68. The van der Waals surface area contributed by atoms with Crippen molar-refractivity contribution in [2.45, 2.75) is 130 Å². The number of aromatic nitrogens is 1. The van der Waals surface area contributed by atoms with E-state index in [1.807, 2.05) is 4.90 Å². The van der Waals surface area contributed by atoms with Crippen LogP contribution in [0.5, 0.6) is 0 Å². The van der Waals surface area contributed by atoms with Gasteiger partial charge in [-0.15, -0.1) is 11.3 Å². The lowest BCUT2D eigenvalue weighted by Crippen LogP contribution is -2.45. The highest BCUT2D eigenvalue weighted by Gasteiger charge is 2.33. The number of thiazole rings is 1. The number of ether oxygens (including phenoxy) is 1. The van der Waals surface area contributed by atoms with Crippen molar-refractivity contribution in [2.24, 2.45) is 11.3 Å². The van der Waals surface area contributed by atoms with E-state index in [2.05, 4.69) is 38.0 Å². The molecule has 0 saturated carbocycles. The number of carboxylic acids is 1. The van der Waals surface area contributed by atoms with E-state index in [1.165, 1.54) is 23.5 Å². The number of benzene rings is 1. The van der Waals surface area contributed by atoms with Gasteiger partial charge in [-0.05, 0) is 69.6 Å². The lowest BCUT2D eigenvalue weighted by molar-refractivity contribution is -0.147. The van der Waals surface area contributed by atoms with E-state index in [4.69, 9.17) is 10.5 Å². The first-order valence-corrected chi connectivity index (χ1v) is 18.7. The number of aliphatic carboxylic acids is 1. The third-order valence-electron chi connectivity index (χ3n) is 8.81. The van der Waals surface area contributed by atoms with E-state index >= 15 is 0 Å². The Morgan fingerprint density at radius 3 is 2.43 bits per heavy atom. The van der Waals surface area contributed by atoms with Crippen molar-refractivity contribution in [2.75, 3.05) is 25.5 Å². The van der Waals surface area contributed by atoms with Gasteiger partial charge in [-0.3, -0.25) is 14.4 Å². The number of unbranched alkanes of at least 4 members (excludes halogenated alkanes) is 4. The van der Waals surface area contributed by atoms with Crippen LogP contribution in [0.15, 0.2) is 23.6 Å². The number of rotatable bonds is 24. The monoisotopic (exact) mass is 706 g/mol. The Balaban J connectivity index is 2.36. The molecular formula is C37H59FN4O6S. The molecule has 0 spiro atoms. The summed E-state index contributed by atoms with van der Waals surface area (Å²) in [5, 5.41) is 24.4. The maximum Gasteiger partial charge on any atom is 0.309 e. The number of carbonyl (C=O) groups is 3. The summed E-state index contributed by atoms with van der Waals surface area (Å²) < 4.78 is 20.5. The highest BCUT2D eigenvalue weighted by Crippen LogP contribution is 2.32. The van der Waals surface area contributed by atoms with Gasteiger partial charge >= 0.3 is 5.97 Å². The molecule has 1 aromatic heterocycles. The first-order valence-electron chi connectivity index (χ1n) is 17.8. The number of hydrogen-bond donors (Lipinski definition) is 4. The van der Waals surface area contributed by atoms with Crippen molar-refractivity contribution in [1.82, 2.24) is 15.2 Å². The average molecular weight is 707 g/mol. The van der Waals surface area contributed by atoms with E-state index in [0.717, 1.165) is 38.5 Å². The van der Waals surface area contributed by atoms with Gasteiger partial charge in [0, 0.05) is 50.1 Å². The van der Waals surface area contributed by atoms with Gasteiger partial charge in [0.15, 0.2) is 0 Å². The van der Waals surface area contributed by atoms with Crippen LogP contribution in [0.2, 0.25) is 0 Å². The van der Waals surface area contributed by atoms with E-state index in [1.54, 1.807) is 25.3 Å². The zero-order chi connectivity index (χ0) is 36.6. The Bertz CT molecular complexity index is 1320. The summed E-state index contributed by atoms with van der Waals surface area (Å²) in [5.41, 5.74) is 5.22. The van der Waals surface area contributed by atoms with Crippen LogP contribution in [0.25, 0.3) is 0 Å². The molecule has 0 aliphatic carbocycles. The number of nitrogens with one attached hydrogen (secondary N) is 1. The molecule has 2 amide bonds. The van der Waals surface area contributed by atoms with Gasteiger partial charge in [-0.2, -0.15) is 0 Å². The summed E-state index contributed by atoms with van der Waals surface area (Å²) in [5.74, 6) is -1.79. The standard InChI is InChI=1S/C37H59FN4O6S/c1-7-9-11-12-17-42(33(44)14-10-8-2)31(25(3)4)22-32(48-19-13-18-43)35-41-30(24-49-35)34(45)40-27(23-37(5,6)36(46)47)20-26-15-16-29(39)28(38)21-26/h15-16,21,24-25,27,31-32,43H,7-14,17-20,22-23,39H2,1-6H3,(H,40,45)(H,46,47). The summed E-state index contributed by atoms with van der Waals surface area (Å²) in [6, 6.07) is 3.65. The van der Waals surface area contributed by atoms with Crippen molar-refractivity contribution < 1.29 is 33.7 Å². The summed E-state index contributed by atoms with van der Waals surface area (Å²) in [6.45, 7) is 12.5. The Kier molecular flexibility index (Phi) is 18.2. The summed E-state index contributed by atoms with van der Waals surface area (Å²) in [6.07, 6.45) is 7.16.